The number of nitriles is 1. The van der Waals surface area contributed by atoms with Crippen LogP contribution in [-0.2, 0) is 14.8 Å². The topological polar surface area (TPSA) is 105 Å². The van der Waals surface area contributed by atoms with Crippen LogP contribution in [0, 0.1) is 17.2 Å². The summed E-state index contributed by atoms with van der Waals surface area (Å²) in [5.41, 5.74) is 0.405. The van der Waals surface area contributed by atoms with Crippen LogP contribution in [0.5, 0.6) is 0 Å². The number of piperazine rings is 1. The van der Waals surface area contributed by atoms with Crippen LogP contribution in [0.15, 0.2) is 29.2 Å². The van der Waals surface area contributed by atoms with Gasteiger partial charge in [-0.15, -0.1) is 0 Å². The predicted octanol–water partition coefficient (Wildman–Crippen LogP) is 0.785. The van der Waals surface area contributed by atoms with Crippen molar-refractivity contribution < 1.29 is 18.0 Å². The van der Waals surface area contributed by atoms with Gasteiger partial charge in [0.25, 0.3) is 0 Å². The molecule has 0 spiro atoms. The van der Waals surface area contributed by atoms with Crippen LogP contribution in [0.4, 0.5) is 4.79 Å². The third-order valence-corrected chi connectivity index (χ3v) is 7.58. The van der Waals surface area contributed by atoms with Crippen molar-refractivity contribution >= 4 is 22.0 Å². The van der Waals surface area contributed by atoms with Crippen molar-refractivity contribution in [3.8, 4) is 6.07 Å². The van der Waals surface area contributed by atoms with Crippen LogP contribution in [-0.4, -0.2) is 92.7 Å². The SMILES string of the molecule is CN(C)C(=O)N1CCC(C(=O)N2CCN(S(=O)(=O)c3ccc(C#N)cc3)CC2)CC1. The zero-order valence-corrected chi connectivity index (χ0v) is 18.1. The first-order valence-corrected chi connectivity index (χ1v) is 11.4. The number of carbonyl (C=O) groups excluding carboxylic acids is 2. The second kappa shape index (κ2) is 9.02. The third kappa shape index (κ3) is 4.57. The molecule has 0 aromatic heterocycles. The number of likely N-dealkylation sites (tertiary alicyclic amines) is 1. The van der Waals surface area contributed by atoms with Crippen LogP contribution >= 0.6 is 0 Å². The third-order valence-electron chi connectivity index (χ3n) is 5.67. The molecule has 2 heterocycles. The highest BCUT2D eigenvalue weighted by atomic mass is 32.2. The lowest BCUT2D eigenvalue weighted by Gasteiger charge is -2.38. The molecule has 162 valence electrons. The van der Waals surface area contributed by atoms with Crippen LogP contribution in [0.3, 0.4) is 0 Å². The fraction of sp³-hybridized carbons (Fsp3) is 0.550. The molecule has 2 aliphatic heterocycles. The molecule has 2 saturated heterocycles. The smallest absolute Gasteiger partial charge is 0.319 e. The summed E-state index contributed by atoms with van der Waals surface area (Å²) in [5, 5.41) is 8.87. The van der Waals surface area contributed by atoms with Crippen molar-refractivity contribution in [1.82, 2.24) is 19.0 Å². The normalized spacial score (nSPS) is 18.7. The molecule has 9 nitrogen and oxygen atoms in total. The van der Waals surface area contributed by atoms with Crippen LogP contribution < -0.4 is 0 Å². The van der Waals surface area contributed by atoms with E-state index in [2.05, 4.69) is 0 Å². The Morgan fingerprint density at radius 1 is 0.967 bits per heavy atom. The molecule has 2 aliphatic rings. The van der Waals surface area contributed by atoms with E-state index >= 15 is 0 Å². The van der Waals surface area contributed by atoms with Gasteiger partial charge in [-0.25, -0.2) is 13.2 Å². The first-order valence-electron chi connectivity index (χ1n) is 9.99. The van der Waals surface area contributed by atoms with Crippen molar-refractivity contribution in [3.05, 3.63) is 29.8 Å². The Labute approximate surface area is 177 Å². The van der Waals surface area contributed by atoms with Crippen LogP contribution in [0.25, 0.3) is 0 Å². The van der Waals surface area contributed by atoms with Crippen molar-refractivity contribution in [2.24, 2.45) is 5.92 Å². The summed E-state index contributed by atoms with van der Waals surface area (Å²) >= 11 is 0. The number of urea groups is 1. The molecule has 0 N–H and O–H groups in total. The fourth-order valence-electron chi connectivity index (χ4n) is 3.86. The lowest BCUT2D eigenvalue weighted by Crippen LogP contribution is -2.53. The Kier molecular flexibility index (Phi) is 6.63. The number of carbonyl (C=O) groups is 2. The van der Waals surface area contributed by atoms with Crippen molar-refractivity contribution in [3.63, 3.8) is 0 Å². The summed E-state index contributed by atoms with van der Waals surface area (Å²) in [5.74, 6) is -0.0831. The molecule has 2 fully saturated rings. The van der Waals surface area contributed by atoms with Gasteiger partial charge in [0.2, 0.25) is 15.9 Å². The van der Waals surface area contributed by atoms with Gasteiger partial charge in [0, 0.05) is 59.3 Å². The molecule has 0 aliphatic carbocycles. The van der Waals surface area contributed by atoms with E-state index in [1.54, 1.807) is 23.9 Å². The average Bonchev–Trinajstić information content (AvgIpc) is 2.78. The van der Waals surface area contributed by atoms with E-state index in [-0.39, 0.29) is 35.8 Å². The number of nitrogens with zero attached hydrogens (tertiary/aromatic N) is 5. The highest BCUT2D eigenvalue weighted by molar-refractivity contribution is 7.89. The fourth-order valence-corrected chi connectivity index (χ4v) is 5.28. The molecule has 0 bridgehead atoms. The number of amides is 3. The maximum Gasteiger partial charge on any atom is 0.319 e. The molecule has 0 atom stereocenters. The van der Waals surface area contributed by atoms with Crippen LogP contribution in [0.1, 0.15) is 18.4 Å². The molecule has 10 heteroatoms. The van der Waals surface area contributed by atoms with Gasteiger partial charge in [0.05, 0.1) is 16.5 Å². The maximum atomic E-state index is 12.9. The summed E-state index contributed by atoms with van der Waals surface area (Å²) in [6.45, 7) is 2.30. The summed E-state index contributed by atoms with van der Waals surface area (Å²) < 4.78 is 27.0. The van der Waals surface area contributed by atoms with Gasteiger partial charge in [-0.2, -0.15) is 9.57 Å². The molecule has 1 aromatic rings. The Balaban J connectivity index is 1.54. The Hall–Kier alpha value is -2.64. The Morgan fingerprint density at radius 3 is 2.03 bits per heavy atom. The van der Waals surface area contributed by atoms with E-state index in [0.29, 0.717) is 44.6 Å². The number of rotatable bonds is 3. The molecule has 30 heavy (non-hydrogen) atoms. The average molecular weight is 434 g/mol. The van der Waals surface area contributed by atoms with E-state index in [1.807, 2.05) is 6.07 Å². The van der Waals surface area contributed by atoms with E-state index in [4.69, 9.17) is 5.26 Å². The Morgan fingerprint density at radius 2 is 1.53 bits per heavy atom. The maximum absolute atomic E-state index is 12.9. The Bertz CT molecular complexity index is 923. The monoisotopic (exact) mass is 433 g/mol. The minimum Gasteiger partial charge on any atom is -0.340 e. The lowest BCUT2D eigenvalue weighted by atomic mass is 9.95. The highest BCUT2D eigenvalue weighted by Gasteiger charge is 2.34. The van der Waals surface area contributed by atoms with Gasteiger partial charge in [-0.1, -0.05) is 0 Å². The zero-order chi connectivity index (χ0) is 21.9. The number of benzene rings is 1. The van der Waals surface area contributed by atoms with Crippen molar-refractivity contribution in [1.29, 1.82) is 5.26 Å². The lowest BCUT2D eigenvalue weighted by molar-refractivity contribution is -0.138. The number of hydrogen-bond donors (Lipinski definition) is 0. The van der Waals surface area contributed by atoms with E-state index in [0.717, 1.165) is 0 Å². The van der Waals surface area contributed by atoms with Gasteiger partial charge in [0.1, 0.15) is 0 Å². The zero-order valence-electron chi connectivity index (χ0n) is 17.3. The molecule has 3 amide bonds. The summed E-state index contributed by atoms with van der Waals surface area (Å²) in [6, 6.07) is 7.78. The van der Waals surface area contributed by atoms with E-state index in [9.17, 15) is 18.0 Å². The predicted molar refractivity (Wildman–Crippen MR) is 110 cm³/mol. The minimum atomic E-state index is -3.65. The second-order valence-corrected chi connectivity index (χ2v) is 9.74. The number of sulfonamides is 1. The molecule has 3 rings (SSSR count). The standard InChI is InChI=1S/C20H27N5O4S/c1-22(2)20(27)24-9-7-17(8-10-24)19(26)23-11-13-25(14-12-23)30(28,29)18-5-3-16(15-21)4-6-18/h3-6,17H,7-14H2,1-2H3. The first kappa shape index (κ1) is 22.1. The molecule has 0 radical (unpaired) electrons. The minimum absolute atomic E-state index is 0.0393. The molecule has 0 unspecified atom stereocenters. The first-order chi connectivity index (χ1) is 14.2. The van der Waals surface area contributed by atoms with Crippen LogP contribution in [0.2, 0.25) is 0 Å². The summed E-state index contributed by atoms with van der Waals surface area (Å²) in [6.07, 6.45) is 1.25. The van der Waals surface area contributed by atoms with Gasteiger partial charge in [-0.3, -0.25) is 4.79 Å². The number of piperidine rings is 1. The quantitative estimate of drug-likeness (QED) is 0.701. The molecular formula is C20H27N5O4S. The van der Waals surface area contributed by atoms with Gasteiger partial charge in [-0.05, 0) is 37.1 Å². The molecule has 0 saturated carbocycles. The largest absolute Gasteiger partial charge is 0.340 e. The van der Waals surface area contributed by atoms with Crippen molar-refractivity contribution in [2.75, 3.05) is 53.4 Å². The summed E-state index contributed by atoms with van der Waals surface area (Å²) in [4.78, 5) is 30.1. The van der Waals surface area contributed by atoms with Gasteiger partial charge < -0.3 is 14.7 Å². The van der Waals surface area contributed by atoms with E-state index < -0.39 is 10.0 Å². The second-order valence-electron chi connectivity index (χ2n) is 7.80. The van der Waals surface area contributed by atoms with Gasteiger partial charge in [0.15, 0.2) is 0 Å². The van der Waals surface area contributed by atoms with Gasteiger partial charge >= 0.3 is 6.03 Å². The number of hydrogen-bond acceptors (Lipinski definition) is 5. The molecule has 1 aromatic carbocycles. The van der Waals surface area contributed by atoms with E-state index in [1.165, 1.54) is 33.5 Å². The summed E-state index contributed by atoms with van der Waals surface area (Å²) in [7, 11) is -0.222. The van der Waals surface area contributed by atoms with Crippen molar-refractivity contribution in [2.45, 2.75) is 17.7 Å². The highest BCUT2D eigenvalue weighted by Crippen LogP contribution is 2.23. The molecular weight excluding hydrogens is 406 g/mol.